The van der Waals surface area contributed by atoms with E-state index in [9.17, 15) is 22.8 Å². The molecule has 3 aromatic rings. The van der Waals surface area contributed by atoms with E-state index in [0.29, 0.717) is 0 Å². The second kappa shape index (κ2) is 7.48. The molecule has 0 aliphatic heterocycles. The lowest BCUT2D eigenvalue weighted by molar-refractivity contribution is -0.147. The number of carbonyl (C=O) groups is 2. The minimum absolute atomic E-state index is 0.117. The molecule has 0 bridgehead atoms. The van der Waals surface area contributed by atoms with Crippen molar-refractivity contribution < 1.29 is 22.8 Å². The number of imidazole rings is 1. The maximum atomic E-state index is 13.2. The van der Waals surface area contributed by atoms with E-state index in [0.717, 1.165) is 10.1 Å². The smallest absolute Gasteiger partial charge is 0.334 e. The van der Waals surface area contributed by atoms with Crippen molar-refractivity contribution in [1.29, 1.82) is 0 Å². The van der Waals surface area contributed by atoms with Crippen LogP contribution in [0, 0.1) is 0 Å². The van der Waals surface area contributed by atoms with Gasteiger partial charge in [0, 0.05) is 6.54 Å². The molecule has 9 heteroatoms. The van der Waals surface area contributed by atoms with Gasteiger partial charge in [-0.15, -0.1) is 0 Å². The Bertz CT molecular complexity index is 968. The molecule has 140 valence electrons. The molecule has 0 radical (unpaired) electrons. The normalized spacial score (nSPS) is 11.4. The molecule has 0 aliphatic rings. The number of nitrogens with zero attached hydrogens (tertiary/aromatic N) is 2. The van der Waals surface area contributed by atoms with E-state index in [1.54, 1.807) is 36.4 Å². The maximum absolute atomic E-state index is 13.2. The van der Waals surface area contributed by atoms with Gasteiger partial charge in [0.1, 0.15) is 6.54 Å². The first-order valence-electron chi connectivity index (χ1n) is 7.98. The lowest BCUT2D eigenvalue weighted by Crippen LogP contribution is -2.41. The first kappa shape index (κ1) is 18.4. The number of nitrogens with one attached hydrogen (secondary N) is 2. The molecule has 0 saturated heterocycles. The average molecular weight is 376 g/mol. The quantitative estimate of drug-likeness (QED) is 0.735. The molecule has 0 spiro atoms. The summed E-state index contributed by atoms with van der Waals surface area (Å²) in [6.45, 7) is -0.504. The fraction of sp³-hybridized carbons (Fsp3) is 0.167. The van der Waals surface area contributed by atoms with Crippen LogP contribution in [0.2, 0.25) is 0 Å². The zero-order chi connectivity index (χ0) is 19.4. The number of rotatable bonds is 4. The fourth-order valence-corrected chi connectivity index (χ4v) is 2.58. The molecule has 27 heavy (non-hydrogen) atoms. The van der Waals surface area contributed by atoms with Crippen LogP contribution in [0.3, 0.4) is 0 Å². The van der Waals surface area contributed by atoms with Crippen LogP contribution in [0.25, 0.3) is 11.0 Å². The monoisotopic (exact) mass is 376 g/mol. The van der Waals surface area contributed by atoms with Gasteiger partial charge in [-0.25, -0.2) is 9.78 Å². The topological polar surface area (TPSA) is 76.0 Å². The van der Waals surface area contributed by atoms with E-state index < -0.39 is 30.5 Å². The summed E-state index contributed by atoms with van der Waals surface area (Å²) in [5.74, 6) is -2.07. The number of urea groups is 1. The number of imide groups is 1. The number of fused-ring (bicyclic) bond motifs is 1. The largest absolute Gasteiger partial charge is 0.449 e. The van der Waals surface area contributed by atoms with Crippen molar-refractivity contribution in [2.24, 2.45) is 0 Å². The Morgan fingerprint density at radius 3 is 2.37 bits per heavy atom. The number of alkyl halides is 3. The van der Waals surface area contributed by atoms with E-state index in [1.165, 1.54) is 12.1 Å². The minimum Gasteiger partial charge on any atom is -0.334 e. The molecule has 0 saturated carbocycles. The summed E-state index contributed by atoms with van der Waals surface area (Å²) >= 11 is 0. The molecule has 0 aliphatic carbocycles. The standard InChI is InChI=1S/C18H15F3N4O2/c19-18(20,21)16-23-13-8-4-5-9-14(13)25(16)11-15(26)24-17(27)22-10-12-6-2-1-3-7-12/h1-9H,10-11H2,(H2,22,24,26,27). The summed E-state index contributed by atoms with van der Waals surface area (Å²) in [6.07, 6.45) is -4.73. The summed E-state index contributed by atoms with van der Waals surface area (Å²) in [5.41, 5.74) is 1.09. The van der Waals surface area contributed by atoms with Gasteiger partial charge in [-0.05, 0) is 17.7 Å². The van der Waals surface area contributed by atoms with E-state index in [1.807, 2.05) is 11.4 Å². The van der Waals surface area contributed by atoms with Crippen molar-refractivity contribution >= 4 is 23.0 Å². The van der Waals surface area contributed by atoms with E-state index in [2.05, 4.69) is 10.3 Å². The molecule has 3 amide bonds. The highest BCUT2D eigenvalue weighted by Gasteiger charge is 2.38. The molecule has 0 atom stereocenters. The van der Waals surface area contributed by atoms with Crippen molar-refractivity contribution in [1.82, 2.24) is 20.2 Å². The summed E-state index contributed by atoms with van der Waals surface area (Å²) < 4.78 is 40.4. The Morgan fingerprint density at radius 2 is 1.67 bits per heavy atom. The van der Waals surface area contributed by atoms with E-state index in [4.69, 9.17) is 0 Å². The Morgan fingerprint density at radius 1 is 1.00 bits per heavy atom. The van der Waals surface area contributed by atoms with Crippen LogP contribution in [-0.4, -0.2) is 21.5 Å². The van der Waals surface area contributed by atoms with Crippen LogP contribution in [-0.2, 0) is 24.1 Å². The molecule has 1 heterocycles. The molecule has 2 N–H and O–H groups in total. The lowest BCUT2D eigenvalue weighted by atomic mass is 10.2. The zero-order valence-electron chi connectivity index (χ0n) is 14.0. The number of halogens is 3. The van der Waals surface area contributed by atoms with Crippen molar-refractivity contribution in [2.45, 2.75) is 19.3 Å². The first-order chi connectivity index (χ1) is 12.8. The molecule has 2 aromatic carbocycles. The van der Waals surface area contributed by atoms with Gasteiger partial charge in [0.2, 0.25) is 11.7 Å². The molecule has 6 nitrogen and oxygen atoms in total. The highest BCUT2D eigenvalue weighted by Crippen LogP contribution is 2.31. The summed E-state index contributed by atoms with van der Waals surface area (Å²) in [4.78, 5) is 27.4. The Kier molecular flexibility index (Phi) is 5.11. The molecule has 0 unspecified atom stereocenters. The maximum Gasteiger partial charge on any atom is 0.449 e. The van der Waals surface area contributed by atoms with Crippen LogP contribution >= 0.6 is 0 Å². The van der Waals surface area contributed by atoms with Crippen LogP contribution < -0.4 is 10.6 Å². The second-order valence-electron chi connectivity index (χ2n) is 5.72. The third-order valence-corrected chi connectivity index (χ3v) is 3.76. The molecular formula is C18H15F3N4O2. The lowest BCUT2D eigenvalue weighted by Gasteiger charge is -2.11. The van der Waals surface area contributed by atoms with Gasteiger partial charge in [-0.3, -0.25) is 10.1 Å². The summed E-state index contributed by atoms with van der Waals surface area (Å²) in [6, 6.07) is 14.1. The van der Waals surface area contributed by atoms with Crippen LogP contribution in [0.4, 0.5) is 18.0 Å². The third-order valence-electron chi connectivity index (χ3n) is 3.76. The predicted octanol–water partition coefficient (Wildman–Crippen LogP) is 3.08. The van der Waals surface area contributed by atoms with Crippen LogP contribution in [0.5, 0.6) is 0 Å². The fourth-order valence-electron chi connectivity index (χ4n) is 2.58. The minimum atomic E-state index is -4.73. The van der Waals surface area contributed by atoms with Gasteiger partial charge >= 0.3 is 12.2 Å². The Labute approximate surface area is 152 Å². The number of amides is 3. The Balaban J connectivity index is 1.69. The van der Waals surface area contributed by atoms with Gasteiger partial charge in [-0.2, -0.15) is 13.2 Å². The molecule has 0 fully saturated rings. The molecule has 3 rings (SSSR count). The van der Waals surface area contributed by atoms with E-state index >= 15 is 0 Å². The average Bonchev–Trinajstić information content (AvgIpc) is 3.00. The molecule has 1 aromatic heterocycles. The van der Waals surface area contributed by atoms with E-state index in [-0.39, 0.29) is 17.6 Å². The number of para-hydroxylation sites is 2. The van der Waals surface area contributed by atoms with Crippen molar-refractivity contribution in [2.75, 3.05) is 0 Å². The first-order valence-corrected chi connectivity index (χ1v) is 7.98. The number of hydrogen-bond acceptors (Lipinski definition) is 3. The number of hydrogen-bond donors (Lipinski definition) is 2. The number of aromatic nitrogens is 2. The van der Waals surface area contributed by atoms with Gasteiger partial charge in [-0.1, -0.05) is 42.5 Å². The Hall–Kier alpha value is -3.36. The van der Waals surface area contributed by atoms with Crippen LogP contribution in [0.15, 0.2) is 54.6 Å². The SMILES string of the molecule is O=C(Cn1c(C(F)(F)F)nc2ccccc21)NC(=O)NCc1ccccc1. The molecular weight excluding hydrogens is 361 g/mol. The highest BCUT2D eigenvalue weighted by molar-refractivity contribution is 5.94. The van der Waals surface area contributed by atoms with Crippen LogP contribution in [0.1, 0.15) is 11.4 Å². The predicted molar refractivity (Wildman–Crippen MR) is 91.6 cm³/mol. The van der Waals surface area contributed by atoms with Gasteiger partial charge in [0.25, 0.3) is 0 Å². The zero-order valence-corrected chi connectivity index (χ0v) is 14.0. The van der Waals surface area contributed by atoms with Gasteiger partial charge < -0.3 is 9.88 Å². The van der Waals surface area contributed by atoms with Gasteiger partial charge in [0.05, 0.1) is 11.0 Å². The number of carbonyl (C=O) groups excluding carboxylic acids is 2. The van der Waals surface area contributed by atoms with Crippen molar-refractivity contribution in [3.05, 3.63) is 66.0 Å². The summed E-state index contributed by atoms with van der Waals surface area (Å²) in [5, 5.41) is 4.50. The highest BCUT2D eigenvalue weighted by atomic mass is 19.4. The third kappa shape index (κ3) is 4.43. The van der Waals surface area contributed by atoms with Crippen molar-refractivity contribution in [3.8, 4) is 0 Å². The summed E-state index contributed by atoms with van der Waals surface area (Å²) in [7, 11) is 0. The van der Waals surface area contributed by atoms with Gasteiger partial charge in [0.15, 0.2) is 0 Å². The van der Waals surface area contributed by atoms with Crippen molar-refractivity contribution in [3.63, 3.8) is 0 Å². The number of benzene rings is 2. The second-order valence-corrected chi connectivity index (χ2v) is 5.72.